The second kappa shape index (κ2) is 7.70. The highest BCUT2D eigenvalue weighted by atomic mass is 32.2. The third-order valence-corrected chi connectivity index (χ3v) is 5.86. The van der Waals surface area contributed by atoms with E-state index in [9.17, 15) is 4.79 Å². The standard InChI is InChI=1S/C19H19N7O2S/c27-17-15-7-1-2-8-16(15)20-23-26(17)13-29-19-22-21-18(24-9-3-4-10-24)25(19)12-14-6-5-11-28-14/h1-2,5-8,11H,3-4,9-10,12-13H2. The van der Waals surface area contributed by atoms with Gasteiger partial charge in [0.05, 0.1) is 24.1 Å². The minimum absolute atomic E-state index is 0.167. The highest BCUT2D eigenvalue weighted by Gasteiger charge is 2.22. The SMILES string of the molecule is O=c1c2ccccc2nnn1CSc1nnc(N2CCCC2)n1Cc1ccco1. The maximum atomic E-state index is 12.7. The Morgan fingerprint density at radius 2 is 1.90 bits per heavy atom. The molecule has 0 radical (unpaired) electrons. The molecule has 9 nitrogen and oxygen atoms in total. The lowest BCUT2D eigenvalue weighted by Gasteiger charge is -2.17. The van der Waals surface area contributed by atoms with E-state index < -0.39 is 0 Å². The van der Waals surface area contributed by atoms with E-state index >= 15 is 0 Å². The number of nitrogens with zero attached hydrogens (tertiary/aromatic N) is 7. The van der Waals surface area contributed by atoms with E-state index in [0.29, 0.717) is 28.5 Å². The normalized spacial score (nSPS) is 14.1. The molecular weight excluding hydrogens is 390 g/mol. The van der Waals surface area contributed by atoms with Gasteiger partial charge >= 0.3 is 0 Å². The summed E-state index contributed by atoms with van der Waals surface area (Å²) in [6, 6.07) is 11.0. The van der Waals surface area contributed by atoms with Crippen molar-refractivity contribution in [3.63, 3.8) is 0 Å². The Balaban J connectivity index is 1.43. The molecule has 1 fully saturated rings. The monoisotopic (exact) mass is 409 g/mol. The Bertz CT molecular complexity index is 1180. The molecule has 1 aliphatic rings. The predicted octanol–water partition coefficient (Wildman–Crippen LogP) is 2.37. The number of fused-ring (bicyclic) bond motifs is 1. The number of benzene rings is 1. The van der Waals surface area contributed by atoms with Gasteiger partial charge in [-0.2, -0.15) is 4.68 Å². The number of hydrogen-bond acceptors (Lipinski definition) is 8. The summed E-state index contributed by atoms with van der Waals surface area (Å²) in [5, 5.41) is 18.3. The average Bonchev–Trinajstić information content (AvgIpc) is 3.51. The molecule has 0 amide bonds. The van der Waals surface area contributed by atoms with Crippen LogP contribution in [-0.2, 0) is 12.4 Å². The molecule has 0 N–H and O–H groups in total. The summed E-state index contributed by atoms with van der Waals surface area (Å²) in [6.07, 6.45) is 3.96. The highest BCUT2D eigenvalue weighted by Crippen LogP contribution is 2.26. The maximum absolute atomic E-state index is 12.7. The van der Waals surface area contributed by atoms with E-state index in [4.69, 9.17) is 4.42 Å². The third kappa shape index (κ3) is 3.51. The first kappa shape index (κ1) is 17.9. The predicted molar refractivity (Wildman–Crippen MR) is 109 cm³/mol. The molecule has 0 bridgehead atoms. The Labute approximate surface area is 170 Å². The van der Waals surface area contributed by atoms with Gasteiger partial charge in [-0.15, -0.1) is 15.3 Å². The van der Waals surface area contributed by atoms with Gasteiger partial charge in [-0.05, 0) is 37.1 Å². The quantitative estimate of drug-likeness (QED) is 0.448. The van der Waals surface area contributed by atoms with Gasteiger partial charge in [-0.3, -0.25) is 9.36 Å². The summed E-state index contributed by atoms with van der Waals surface area (Å²) < 4.78 is 8.92. The van der Waals surface area contributed by atoms with Gasteiger partial charge in [-0.25, -0.2) is 0 Å². The first-order chi connectivity index (χ1) is 14.3. The second-order valence-corrected chi connectivity index (χ2v) is 7.74. The number of anilines is 1. The lowest BCUT2D eigenvalue weighted by molar-refractivity contribution is 0.483. The first-order valence-electron chi connectivity index (χ1n) is 9.45. The van der Waals surface area contributed by atoms with Crippen molar-refractivity contribution in [2.45, 2.75) is 30.4 Å². The van der Waals surface area contributed by atoms with Crippen molar-refractivity contribution in [3.8, 4) is 0 Å². The highest BCUT2D eigenvalue weighted by molar-refractivity contribution is 7.98. The molecule has 0 saturated carbocycles. The van der Waals surface area contributed by atoms with E-state index in [0.717, 1.165) is 37.6 Å². The van der Waals surface area contributed by atoms with Crippen LogP contribution in [0.5, 0.6) is 0 Å². The fourth-order valence-electron chi connectivity index (χ4n) is 3.46. The molecule has 10 heteroatoms. The van der Waals surface area contributed by atoms with E-state index in [1.165, 1.54) is 16.4 Å². The largest absolute Gasteiger partial charge is 0.467 e. The van der Waals surface area contributed by atoms with Crippen molar-refractivity contribution >= 4 is 28.6 Å². The molecule has 0 spiro atoms. The molecule has 148 valence electrons. The van der Waals surface area contributed by atoms with Crippen LogP contribution in [0.15, 0.2) is 57.0 Å². The zero-order valence-electron chi connectivity index (χ0n) is 15.6. The number of furan rings is 1. The number of hydrogen-bond donors (Lipinski definition) is 0. The molecular formula is C19H19N7O2S. The molecule has 1 aromatic carbocycles. The zero-order valence-corrected chi connectivity index (χ0v) is 16.5. The Morgan fingerprint density at radius 1 is 1.03 bits per heavy atom. The topological polar surface area (TPSA) is 94.9 Å². The van der Waals surface area contributed by atoms with E-state index in [2.05, 4.69) is 25.4 Å². The number of thioether (sulfide) groups is 1. The summed E-state index contributed by atoms with van der Waals surface area (Å²) in [4.78, 5) is 14.9. The van der Waals surface area contributed by atoms with E-state index in [1.54, 1.807) is 18.4 Å². The molecule has 0 unspecified atom stereocenters. The molecule has 1 aliphatic heterocycles. The fourth-order valence-corrected chi connectivity index (χ4v) is 4.27. The smallest absolute Gasteiger partial charge is 0.278 e. The van der Waals surface area contributed by atoms with Gasteiger partial charge in [0.15, 0.2) is 5.16 Å². The lowest BCUT2D eigenvalue weighted by Crippen LogP contribution is -2.24. The fraction of sp³-hybridized carbons (Fsp3) is 0.316. The molecule has 3 aromatic heterocycles. The molecule has 29 heavy (non-hydrogen) atoms. The summed E-state index contributed by atoms with van der Waals surface area (Å²) in [5.74, 6) is 1.96. The molecule has 0 atom stereocenters. The van der Waals surface area contributed by atoms with E-state index in [-0.39, 0.29) is 5.56 Å². The summed E-state index contributed by atoms with van der Waals surface area (Å²) in [5.41, 5.74) is 0.427. The van der Waals surface area contributed by atoms with Gasteiger partial charge < -0.3 is 9.32 Å². The van der Waals surface area contributed by atoms with Crippen LogP contribution in [0.4, 0.5) is 5.95 Å². The van der Waals surface area contributed by atoms with Gasteiger partial charge in [0, 0.05) is 13.1 Å². The molecule has 1 saturated heterocycles. The first-order valence-corrected chi connectivity index (χ1v) is 10.4. The minimum atomic E-state index is -0.167. The van der Waals surface area contributed by atoms with Gasteiger partial charge in [0.2, 0.25) is 5.95 Å². The molecule has 5 rings (SSSR count). The van der Waals surface area contributed by atoms with Crippen LogP contribution in [0.25, 0.3) is 10.9 Å². The average molecular weight is 409 g/mol. The molecule has 4 heterocycles. The second-order valence-electron chi connectivity index (χ2n) is 6.83. The van der Waals surface area contributed by atoms with Crippen molar-refractivity contribution in [1.29, 1.82) is 0 Å². The van der Waals surface area contributed by atoms with Crippen molar-refractivity contribution in [2.75, 3.05) is 18.0 Å². The minimum Gasteiger partial charge on any atom is -0.467 e. The molecule has 0 aliphatic carbocycles. The van der Waals surface area contributed by atoms with Gasteiger partial charge in [0.1, 0.15) is 11.3 Å². The lowest BCUT2D eigenvalue weighted by atomic mass is 10.2. The maximum Gasteiger partial charge on any atom is 0.278 e. The van der Waals surface area contributed by atoms with E-state index in [1.807, 2.05) is 28.8 Å². The summed E-state index contributed by atoms with van der Waals surface area (Å²) in [7, 11) is 0. The zero-order chi connectivity index (χ0) is 19.6. The van der Waals surface area contributed by atoms with Crippen LogP contribution in [-0.4, -0.2) is 42.8 Å². The summed E-state index contributed by atoms with van der Waals surface area (Å²) in [6.45, 7) is 2.47. The van der Waals surface area contributed by atoms with Crippen molar-refractivity contribution < 1.29 is 4.42 Å². The molecule has 4 aromatic rings. The van der Waals surface area contributed by atoms with Crippen molar-refractivity contribution in [3.05, 3.63) is 58.8 Å². The van der Waals surface area contributed by atoms with Crippen molar-refractivity contribution in [1.82, 2.24) is 29.8 Å². The van der Waals surface area contributed by atoms with Crippen LogP contribution in [0, 0.1) is 0 Å². The van der Waals surface area contributed by atoms with Crippen molar-refractivity contribution in [2.24, 2.45) is 0 Å². The van der Waals surface area contributed by atoms with Crippen LogP contribution >= 0.6 is 11.8 Å². The van der Waals surface area contributed by atoms with Crippen LogP contribution in [0.3, 0.4) is 0 Å². The van der Waals surface area contributed by atoms with Crippen LogP contribution < -0.4 is 10.5 Å². The third-order valence-electron chi connectivity index (χ3n) is 4.93. The Kier molecular flexibility index (Phi) is 4.76. The van der Waals surface area contributed by atoms with Gasteiger partial charge in [0.25, 0.3) is 5.56 Å². The Morgan fingerprint density at radius 3 is 2.72 bits per heavy atom. The summed E-state index contributed by atoms with van der Waals surface area (Å²) >= 11 is 1.41. The number of aromatic nitrogens is 6. The van der Waals surface area contributed by atoms with Crippen LogP contribution in [0.1, 0.15) is 18.6 Å². The Hall–Kier alpha value is -3.14. The van der Waals surface area contributed by atoms with Gasteiger partial charge in [-0.1, -0.05) is 29.1 Å². The van der Waals surface area contributed by atoms with Crippen LogP contribution in [0.2, 0.25) is 0 Å². The number of rotatable bonds is 6.